The van der Waals surface area contributed by atoms with Crippen molar-refractivity contribution in [2.75, 3.05) is 6.54 Å². The van der Waals surface area contributed by atoms with Crippen LogP contribution in [0.15, 0.2) is 0 Å². The fourth-order valence-electron chi connectivity index (χ4n) is 2.32. The highest BCUT2D eigenvalue weighted by molar-refractivity contribution is 5.64. The van der Waals surface area contributed by atoms with Crippen LogP contribution >= 0.6 is 0 Å². The van der Waals surface area contributed by atoms with E-state index in [1.807, 2.05) is 0 Å². The molecule has 0 radical (unpaired) electrons. The molecule has 1 atom stereocenters. The van der Waals surface area contributed by atoms with E-state index in [2.05, 4.69) is 5.73 Å². The van der Waals surface area contributed by atoms with E-state index in [-0.39, 0.29) is 12.3 Å². The maximum absolute atomic E-state index is 10.5. The van der Waals surface area contributed by atoms with Gasteiger partial charge in [0.25, 0.3) is 0 Å². The van der Waals surface area contributed by atoms with Crippen molar-refractivity contribution in [3.05, 3.63) is 0 Å². The van der Waals surface area contributed by atoms with E-state index >= 15 is 0 Å². The summed E-state index contributed by atoms with van der Waals surface area (Å²) in [6, 6.07) is 0. The molecule has 0 saturated heterocycles. The van der Waals surface area contributed by atoms with Gasteiger partial charge in [0.1, 0.15) is 0 Å². The third kappa shape index (κ3) is 3.35. The first-order chi connectivity index (χ1) is 6.24. The lowest BCUT2D eigenvalue weighted by Crippen LogP contribution is -2.56. The normalized spacial score (nSPS) is 21.3. The summed E-state index contributed by atoms with van der Waals surface area (Å²) in [5, 5.41) is 10.5. The number of rotatable bonds is 4. The van der Waals surface area contributed by atoms with Crippen LogP contribution in [-0.2, 0) is 4.79 Å². The van der Waals surface area contributed by atoms with Gasteiger partial charge in [-0.3, -0.25) is 0 Å². The van der Waals surface area contributed by atoms with Crippen LogP contribution in [0.25, 0.3) is 0 Å². The van der Waals surface area contributed by atoms with Gasteiger partial charge in [0.05, 0.1) is 6.54 Å². The van der Waals surface area contributed by atoms with Crippen LogP contribution in [0.3, 0.4) is 0 Å². The van der Waals surface area contributed by atoms with E-state index in [0.717, 1.165) is 6.54 Å². The molecule has 0 aromatic rings. The Labute approximate surface area is 79.3 Å². The molecule has 0 spiro atoms. The van der Waals surface area contributed by atoms with Gasteiger partial charge in [-0.25, -0.2) is 0 Å². The fraction of sp³-hybridized carbons (Fsp3) is 0.900. The molecule has 0 heterocycles. The molecule has 3 heteroatoms. The van der Waals surface area contributed by atoms with E-state index < -0.39 is 5.97 Å². The molecule has 3 N–H and O–H groups in total. The lowest BCUT2D eigenvalue weighted by atomic mass is 9.78. The van der Waals surface area contributed by atoms with Crippen molar-refractivity contribution >= 4 is 5.97 Å². The monoisotopic (exact) mass is 185 g/mol. The number of aliphatic carboxylic acids is 1. The zero-order valence-electron chi connectivity index (χ0n) is 8.13. The zero-order chi connectivity index (χ0) is 9.68. The van der Waals surface area contributed by atoms with Crippen LogP contribution in [0.2, 0.25) is 0 Å². The average molecular weight is 185 g/mol. The molecule has 0 aromatic carbocycles. The van der Waals surface area contributed by atoms with Crippen LogP contribution < -0.4 is 10.8 Å². The van der Waals surface area contributed by atoms with Crippen LogP contribution in [0.4, 0.5) is 0 Å². The van der Waals surface area contributed by atoms with Crippen molar-refractivity contribution in [1.82, 2.24) is 0 Å². The zero-order valence-corrected chi connectivity index (χ0v) is 8.13. The summed E-state index contributed by atoms with van der Waals surface area (Å²) < 4.78 is 0. The summed E-state index contributed by atoms with van der Waals surface area (Å²) in [6.07, 6.45) is 6.41. The van der Waals surface area contributed by atoms with Gasteiger partial charge >= 0.3 is 0 Å². The Balaban J connectivity index is 2.39. The van der Waals surface area contributed by atoms with Crippen molar-refractivity contribution in [2.24, 2.45) is 11.8 Å². The van der Waals surface area contributed by atoms with Gasteiger partial charge in [-0.05, 0) is 25.2 Å². The molecule has 13 heavy (non-hydrogen) atoms. The first-order valence-electron chi connectivity index (χ1n) is 5.23. The minimum absolute atomic E-state index is 0.203. The molecular weight excluding hydrogens is 166 g/mol. The second-order valence-electron chi connectivity index (χ2n) is 4.02. The van der Waals surface area contributed by atoms with Gasteiger partial charge in [0.2, 0.25) is 0 Å². The van der Waals surface area contributed by atoms with E-state index in [0.29, 0.717) is 5.92 Å². The van der Waals surface area contributed by atoms with Crippen molar-refractivity contribution < 1.29 is 15.6 Å². The standard InChI is InChI=1S/C10H19NO2/c11-7-9(6-10(12)13)8-4-2-1-3-5-8/h8-9H,1-7,11H2,(H,12,13)/t9-/m1/s1. The topological polar surface area (TPSA) is 67.8 Å². The minimum Gasteiger partial charge on any atom is -0.550 e. The summed E-state index contributed by atoms with van der Waals surface area (Å²) in [5.41, 5.74) is 3.82. The first-order valence-corrected chi connectivity index (χ1v) is 5.23. The Hall–Kier alpha value is -0.570. The first kappa shape index (κ1) is 10.5. The highest BCUT2D eigenvalue weighted by Gasteiger charge is 2.23. The quantitative estimate of drug-likeness (QED) is 0.645. The number of carboxylic acid groups (broad SMARTS) is 1. The van der Waals surface area contributed by atoms with Gasteiger partial charge in [0, 0.05) is 11.9 Å². The van der Waals surface area contributed by atoms with E-state index in [1.54, 1.807) is 0 Å². The molecule has 76 valence electrons. The number of carbonyl (C=O) groups excluding carboxylic acids is 1. The molecule has 3 nitrogen and oxygen atoms in total. The van der Waals surface area contributed by atoms with Crippen molar-refractivity contribution in [3.8, 4) is 0 Å². The van der Waals surface area contributed by atoms with Crippen LogP contribution in [0.1, 0.15) is 38.5 Å². The minimum atomic E-state index is -0.917. The molecule has 0 aliphatic heterocycles. The second-order valence-corrected chi connectivity index (χ2v) is 4.02. The maximum atomic E-state index is 10.5. The second kappa shape index (κ2) is 5.22. The fourth-order valence-corrected chi connectivity index (χ4v) is 2.32. The van der Waals surface area contributed by atoms with Crippen molar-refractivity contribution in [2.45, 2.75) is 38.5 Å². The summed E-state index contributed by atoms with van der Waals surface area (Å²) in [4.78, 5) is 10.5. The molecule has 1 aliphatic rings. The van der Waals surface area contributed by atoms with E-state index in [1.165, 1.54) is 32.1 Å². The Morgan fingerprint density at radius 3 is 2.46 bits per heavy atom. The highest BCUT2D eigenvalue weighted by Crippen LogP contribution is 2.30. The smallest absolute Gasteiger partial charge is 0.0774 e. The largest absolute Gasteiger partial charge is 0.550 e. The molecule has 0 aromatic heterocycles. The third-order valence-corrected chi connectivity index (χ3v) is 3.12. The number of quaternary nitrogens is 1. The Bertz CT molecular complexity index is 164. The van der Waals surface area contributed by atoms with E-state index in [4.69, 9.17) is 0 Å². The predicted molar refractivity (Wildman–Crippen MR) is 47.4 cm³/mol. The Kier molecular flexibility index (Phi) is 4.22. The highest BCUT2D eigenvalue weighted by atomic mass is 16.4. The lowest BCUT2D eigenvalue weighted by molar-refractivity contribution is -0.384. The summed E-state index contributed by atoms with van der Waals surface area (Å²) >= 11 is 0. The SMILES string of the molecule is [NH3+]C[C@@H](CC(=O)[O-])C1CCCCC1. The van der Waals surface area contributed by atoms with Gasteiger partial charge in [-0.2, -0.15) is 0 Å². The number of hydrogen-bond donors (Lipinski definition) is 1. The molecule has 0 bridgehead atoms. The molecule has 1 aliphatic carbocycles. The Morgan fingerprint density at radius 2 is 2.00 bits per heavy atom. The van der Waals surface area contributed by atoms with Gasteiger partial charge in [-0.1, -0.05) is 19.3 Å². The maximum Gasteiger partial charge on any atom is 0.0774 e. The summed E-state index contributed by atoms with van der Waals surface area (Å²) in [6.45, 7) is 0.735. The molecule has 1 fully saturated rings. The van der Waals surface area contributed by atoms with Crippen molar-refractivity contribution in [1.29, 1.82) is 0 Å². The molecule has 0 amide bonds. The molecular formula is C10H19NO2. The Morgan fingerprint density at radius 1 is 1.38 bits per heavy atom. The van der Waals surface area contributed by atoms with Gasteiger partial charge in [0.15, 0.2) is 0 Å². The third-order valence-electron chi connectivity index (χ3n) is 3.12. The van der Waals surface area contributed by atoms with Crippen LogP contribution in [0, 0.1) is 11.8 Å². The van der Waals surface area contributed by atoms with E-state index in [9.17, 15) is 9.90 Å². The molecule has 1 saturated carbocycles. The van der Waals surface area contributed by atoms with Crippen LogP contribution in [0.5, 0.6) is 0 Å². The van der Waals surface area contributed by atoms with Gasteiger partial charge in [-0.15, -0.1) is 0 Å². The van der Waals surface area contributed by atoms with Crippen molar-refractivity contribution in [3.63, 3.8) is 0 Å². The average Bonchev–Trinajstić information content (AvgIpc) is 2.15. The number of hydrogen-bond acceptors (Lipinski definition) is 2. The molecule has 1 rings (SSSR count). The number of carbonyl (C=O) groups is 1. The van der Waals surface area contributed by atoms with Gasteiger partial charge < -0.3 is 15.6 Å². The summed E-state index contributed by atoms with van der Waals surface area (Å²) in [7, 11) is 0. The van der Waals surface area contributed by atoms with Crippen LogP contribution in [-0.4, -0.2) is 12.5 Å². The summed E-state index contributed by atoms with van der Waals surface area (Å²) in [5.74, 6) is -0.0753. The molecule has 0 unspecified atom stereocenters. The lowest BCUT2D eigenvalue weighted by Gasteiger charge is -2.28. The predicted octanol–water partition coefficient (Wildman–Crippen LogP) is -0.435. The number of carboxylic acids is 1.